The fourth-order valence-electron chi connectivity index (χ4n) is 5.33. The third kappa shape index (κ3) is 5.64. The van der Waals surface area contributed by atoms with Gasteiger partial charge in [0.25, 0.3) is 5.91 Å². The number of rotatable bonds is 5. The van der Waals surface area contributed by atoms with Crippen LogP contribution in [-0.2, 0) is 17.1 Å². The number of aromatic nitrogens is 1. The number of aryl methyl sites for hydroxylation is 1. The Bertz CT molecular complexity index is 1970. The van der Waals surface area contributed by atoms with Crippen molar-refractivity contribution < 1.29 is 41.1 Å². The molecular formula is C30H23ClF3N3O8S. The number of amides is 1. The number of alkyl halides is 3. The van der Waals surface area contributed by atoms with Gasteiger partial charge in [0, 0.05) is 27.9 Å². The topological polar surface area (TPSA) is 124 Å². The lowest BCUT2D eigenvalue weighted by Crippen LogP contribution is -2.60. The molecule has 240 valence electrons. The van der Waals surface area contributed by atoms with Gasteiger partial charge in [-0.1, -0.05) is 41.9 Å². The molecule has 6 rings (SSSR count). The maximum Gasteiger partial charge on any atom is 0.519 e. The van der Waals surface area contributed by atoms with Crippen LogP contribution in [0.25, 0.3) is 0 Å². The Kier molecular flexibility index (Phi) is 8.14. The maximum absolute atomic E-state index is 14.2. The van der Waals surface area contributed by atoms with Crippen molar-refractivity contribution in [2.45, 2.75) is 49.4 Å². The van der Waals surface area contributed by atoms with E-state index in [9.17, 15) is 32.3 Å². The normalized spacial score (nSPS) is 16.7. The van der Waals surface area contributed by atoms with Gasteiger partial charge in [0.15, 0.2) is 23.8 Å². The summed E-state index contributed by atoms with van der Waals surface area (Å²) in [5.41, 5.74) is 0.528. The zero-order valence-electron chi connectivity index (χ0n) is 24.0. The fourth-order valence-corrected chi connectivity index (χ4v) is 6.80. The van der Waals surface area contributed by atoms with Gasteiger partial charge >= 0.3 is 18.2 Å². The molecule has 2 aliphatic heterocycles. The average molecular weight is 678 g/mol. The monoisotopic (exact) mass is 677 g/mol. The van der Waals surface area contributed by atoms with Crippen molar-refractivity contribution in [1.29, 1.82) is 0 Å². The van der Waals surface area contributed by atoms with Crippen LogP contribution in [0.3, 0.4) is 0 Å². The van der Waals surface area contributed by atoms with Crippen LogP contribution in [0.4, 0.5) is 18.0 Å². The molecule has 2 aliphatic rings. The molecule has 0 unspecified atom stereocenters. The molecule has 2 aromatic carbocycles. The van der Waals surface area contributed by atoms with Gasteiger partial charge in [-0.05, 0) is 42.7 Å². The van der Waals surface area contributed by atoms with Gasteiger partial charge in [0.2, 0.25) is 11.2 Å². The van der Waals surface area contributed by atoms with E-state index in [4.69, 9.17) is 29.9 Å². The third-order valence-corrected chi connectivity index (χ3v) is 9.16. The zero-order valence-corrected chi connectivity index (χ0v) is 25.6. The SMILES string of the molecule is Cc1oc(=O)oc1COC(=O)Oc1c2n(ccc1=O)N([C@@H]1c3ccccc3SCc3c(Cl)cccc31)CN([C@H](C)C(F)(F)F)C2=O. The molecular weight excluding hydrogens is 655 g/mol. The summed E-state index contributed by atoms with van der Waals surface area (Å²) in [7, 11) is 0. The number of fused-ring (bicyclic) bond motifs is 3. The van der Waals surface area contributed by atoms with Crippen LogP contribution in [-0.4, -0.2) is 40.5 Å². The van der Waals surface area contributed by atoms with Crippen LogP contribution >= 0.6 is 23.4 Å². The summed E-state index contributed by atoms with van der Waals surface area (Å²) in [6.45, 7) is 1.02. The van der Waals surface area contributed by atoms with Crippen LogP contribution in [0.15, 0.2) is 78.0 Å². The second-order valence-corrected chi connectivity index (χ2v) is 11.8. The highest BCUT2D eigenvalue weighted by atomic mass is 35.5. The maximum atomic E-state index is 14.2. The van der Waals surface area contributed by atoms with E-state index >= 15 is 0 Å². The standard InChI is InChI=1S/C30H23ClF3N3O8S/c1-15-22(44-29(41)43-15)12-42-28(40)45-26-21(38)10-11-36-25(26)27(39)35(16(2)30(32,33)34)14-37(36)24-17-7-5-8-20(31)19(17)13-46-23-9-4-3-6-18(23)24/h3-11,16,24H,12-14H2,1-2H3/t16-,24+/m1/s1. The van der Waals surface area contributed by atoms with Crippen LogP contribution in [0, 0.1) is 6.92 Å². The lowest BCUT2D eigenvalue weighted by molar-refractivity contribution is -0.173. The number of carbonyl (C=O) groups is 2. The first-order chi connectivity index (χ1) is 21.8. The van der Waals surface area contributed by atoms with Gasteiger partial charge in [-0.15, -0.1) is 11.8 Å². The molecule has 0 saturated carbocycles. The minimum Gasteiger partial charge on any atom is -0.426 e. The summed E-state index contributed by atoms with van der Waals surface area (Å²) in [6.07, 6.45) is -5.09. The smallest absolute Gasteiger partial charge is 0.426 e. The Labute approximate surface area is 267 Å². The van der Waals surface area contributed by atoms with E-state index in [-0.39, 0.29) is 11.5 Å². The molecule has 0 aliphatic carbocycles. The van der Waals surface area contributed by atoms with Gasteiger partial charge in [-0.25, -0.2) is 9.59 Å². The number of hydrogen-bond donors (Lipinski definition) is 0. The van der Waals surface area contributed by atoms with Gasteiger partial charge in [0.1, 0.15) is 12.7 Å². The predicted octanol–water partition coefficient (Wildman–Crippen LogP) is 5.77. The molecule has 4 heterocycles. The fraction of sp³-hybridized carbons (Fsp3) is 0.267. The van der Waals surface area contributed by atoms with Crippen molar-refractivity contribution in [1.82, 2.24) is 9.58 Å². The molecule has 0 spiro atoms. The number of ether oxygens (including phenoxy) is 2. The van der Waals surface area contributed by atoms with Crippen molar-refractivity contribution in [2.75, 3.05) is 11.7 Å². The molecule has 16 heteroatoms. The van der Waals surface area contributed by atoms with Crippen molar-refractivity contribution >= 4 is 35.4 Å². The summed E-state index contributed by atoms with van der Waals surface area (Å²) in [5.74, 6) is -2.74. The second-order valence-electron chi connectivity index (χ2n) is 10.4. The van der Waals surface area contributed by atoms with E-state index in [1.165, 1.54) is 34.6 Å². The van der Waals surface area contributed by atoms with Gasteiger partial charge < -0.3 is 23.2 Å². The predicted molar refractivity (Wildman–Crippen MR) is 158 cm³/mol. The summed E-state index contributed by atoms with van der Waals surface area (Å²) in [5, 5.41) is 1.94. The van der Waals surface area contributed by atoms with Crippen LogP contribution in [0.5, 0.6) is 5.75 Å². The zero-order chi connectivity index (χ0) is 32.9. The van der Waals surface area contributed by atoms with E-state index in [1.807, 2.05) is 18.2 Å². The number of nitrogens with zero attached hydrogens (tertiary/aromatic N) is 3. The van der Waals surface area contributed by atoms with E-state index in [2.05, 4.69) is 0 Å². The molecule has 0 N–H and O–H groups in total. The van der Waals surface area contributed by atoms with E-state index < -0.39 is 66.3 Å². The number of pyridine rings is 1. The highest BCUT2D eigenvalue weighted by molar-refractivity contribution is 7.98. The molecule has 2 aromatic heterocycles. The summed E-state index contributed by atoms with van der Waals surface area (Å²) in [6, 6.07) is 10.5. The number of thioether (sulfide) groups is 1. The average Bonchev–Trinajstić information content (AvgIpc) is 3.23. The Morgan fingerprint density at radius 2 is 1.83 bits per heavy atom. The molecule has 0 bridgehead atoms. The lowest BCUT2D eigenvalue weighted by Gasteiger charge is -2.46. The van der Waals surface area contributed by atoms with Crippen molar-refractivity contribution in [3.63, 3.8) is 0 Å². The molecule has 0 radical (unpaired) electrons. The first-order valence-electron chi connectivity index (χ1n) is 13.7. The number of halogens is 4. The Morgan fingerprint density at radius 3 is 2.54 bits per heavy atom. The third-order valence-electron chi connectivity index (χ3n) is 7.69. The van der Waals surface area contributed by atoms with Crippen molar-refractivity contribution in [3.8, 4) is 5.75 Å². The molecule has 4 aromatic rings. The highest BCUT2D eigenvalue weighted by Crippen LogP contribution is 2.45. The lowest BCUT2D eigenvalue weighted by atomic mass is 9.94. The quantitative estimate of drug-likeness (QED) is 0.241. The summed E-state index contributed by atoms with van der Waals surface area (Å²) < 4.78 is 63.4. The molecule has 11 nitrogen and oxygen atoms in total. The first kappa shape index (κ1) is 31.4. The van der Waals surface area contributed by atoms with Crippen LogP contribution in [0.1, 0.15) is 51.7 Å². The van der Waals surface area contributed by atoms with Gasteiger partial charge in [-0.3, -0.25) is 19.3 Å². The molecule has 2 atom stereocenters. The van der Waals surface area contributed by atoms with E-state index in [0.29, 0.717) is 26.8 Å². The summed E-state index contributed by atoms with van der Waals surface area (Å²) >= 11 is 8.11. The minimum absolute atomic E-state index is 0.0276. The molecule has 0 saturated heterocycles. The first-order valence-corrected chi connectivity index (χ1v) is 15.0. The number of carbonyl (C=O) groups excluding carboxylic acids is 2. The van der Waals surface area contributed by atoms with Crippen molar-refractivity contribution in [3.05, 3.63) is 114 Å². The van der Waals surface area contributed by atoms with E-state index in [1.54, 1.807) is 24.3 Å². The Balaban J connectivity index is 1.50. The van der Waals surface area contributed by atoms with Crippen LogP contribution < -0.4 is 21.0 Å². The molecule has 0 fully saturated rings. The molecule has 1 amide bonds. The number of hydrogen-bond acceptors (Lipinski definition) is 10. The largest absolute Gasteiger partial charge is 0.519 e. The van der Waals surface area contributed by atoms with Gasteiger partial charge in [0.05, 0.1) is 6.04 Å². The highest BCUT2D eigenvalue weighted by Gasteiger charge is 2.48. The molecule has 46 heavy (non-hydrogen) atoms. The van der Waals surface area contributed by atoms with Crippen LogP contribution in [0.2, 0.25) is 5.02 Å². The summed E-state index contributed by atoms with van der Waals surface area (Å²) in [4.78, 5) is 52.4. The van der Waals surface area contributed by atoms with Gasteiger partial charge in [-0.2, -0.15) is 13.2 Å². The second kappa shape index (κ2) is 11.9. The Hall–Kier alpha value is -4.63. The number of benzene rings is 2. The minimum atomic E-state index is -4.84. The Morgan fingerprint density at radius 1 is 1.09 bits per heavy atom. The van der Waals surface area contributed by atoms with E-state index in [0.717, 1.165) is 23.4 Å². The van der Waals surface area contributed by atoms with Crippen molar-refractivity contribution in [2.24, 2.45) is 0 Å².